The van der Waals surface area contributed by atoms with Crippen molar-refractivity contribution in [1.29, 1.82) is 0 Å². The molecule has 0 fully saturated rings. The van der Waals surface area contributed by atoms with Crippen LogP contribution in [0.2, 0.25) is 0 Å². The average Bonchev–Trinajstić information content (AvgIpc) is 2.76. The molecule has 0 aliphatic carbocycles. The molecule has 3 N–H and O–H groups in total. The lowest BCUT2D eigenvalue weighted by Gasteiger charge is -2.05. The zero-order chi connectivity index (χ0) is 13.0. The molecule has 18 heavy (non-hydrogen) atoms. The van der Waals surface area contributed by atoms with Crippen LogP contribution in [0.15, 0.2) is 12.3 Å². The van der Waals surface area contributed by atoms with Crippen molar-refractivity contribution in [2.45, 2.75) is 13.8 Å². The highest BCUT2D eigenvalue weighted by atomic mass is 16.1. The molecule has 0 saturated heterocycles. The van der Waals surface area contributed by atoms with Crippen molar-refractivity contribution in [3.8, 4) is 0 Å². The standard InChI is InChI=1S/C12H17N5O/c1-3-13-4-5-14-12(18)9-6-10-8(2)16-17-11(10)15-7-9/h6-7,13H,3-5H2,1-2H3,(H,14,18)(H,15,16,17). The largest absolute Gasteiger partial charge is 0.351 e. The van der Waals surface area contributed by atoms with E-state index in [1.54, 1.807) is 6.20 Å². The predicted molar refractivity (Wildman–Crippen MR) is 69.5 cm³/mol. The Balaban J connectivity index is 2.05. The molecule has 0 aliphatic rings. The number of carbonyl (C=O) groups is 1. The van der Waals surface area contributed by atoms with Crippen molar-refractivity contribution < 1.29 is 4.79 Å². The van der Waals surface area contributed by atoms with Crippen LogP contribution in [0.5, 0.6) is 0 Å². The van der Waals surface area contributed by atoms with Crippen LogP contribution in [0.1, 0.15) is 23.0 Å². The number of H-pyrrole nitrogens is 1. The number of amides is 1. The molecule has 0 saturated carbocycles. The SMILES string of the molecule is CCNCCNC(=O)c1cnc2n[nH]c(C)c2c1. The minimum Gasteiger partial charge on any atom is -0.351 e. The summed E-state index contributed by atoms with van der Waals surface area (Å²) in [7, 11) is 0. The predicted octanol–water partition coefficient (Wildman–Crippen LogP) is 0.606. The summed E-state index contributed by atoms with van der Waals surface area (Å²) >= 11 is 0. The molecule has 96 valence electrons. The second-order valence-electron chi connectivity index (χ2n) is 4.05. The molecule has 0 spiro atoms. The minimum absolute atomic E-state index is 0.108. The highest BCUT2D eigenvalue weighted by Crippen LogP contribution is 2.14. The van der Waals surface area contributed by atoms with Gasteiger partial charge in [0.25, 0.3) is 5.91 Å². The zero-order valence-electron chi connectivity index (χ0n) is 10.6. The van der Waals surface area contributed by atoms with Gasteiger partial charge in [-0.05, 0) is 19.5 Å². The second kappa shape index (κ2) is 5.59. The van der Waals surface area contributed by atoms with Gasteiger partial charge < -0.3 is 10.6 Å². The highest BCUT2D eigenvalue weighted by molar-refractivity contribution is 5.97. The summed E-state index contributed by atoms with van der Waals surface area (Å²) in [5.74, 6) is -0.108. The van der Waals surface area contributed by atoms with E-state index in [4.69, 9.17) is 0 Å². The lowest BCUT2D eigenvalue weighted by molar-refractivity contribution is 0.0954. The number of hydrogen-bond donors (Lipinski definition) is 3. The number of aryl methyl sites for hydroxylation is 1. The molecule has 6 nitrogen and oxygen atoms in total. The molecule has 0 aromatic carbocycles. The van der Waals surface area contributed by atoms with Gasteiger partial charge in [0.1, 0.15) is 0 Å². The first kappa shape index (κ1) is 12.5. The molecule has 2 heterocycles. The van der Waals surface area contributed by atoms with Crippen molar-refractivity contribution in [1.82, 2.24) is 25.8 Å². The van der Waals surface area contributed by atoms with E-state index in [0.717, 1.165) is 24.2 Å². The summed E-state index contributed by atoms with van der Waals surface area (Å²) in [6.07, 6.45) is 1.55. The third-order valence-corrected chi connectivity index (χ3v) is 2.70. The van der Waals surface area contributed by atoms with E-state index >= 15 is 0 Å². The van der Waals surface area contributed by atoms with Gasteiger partial charge in [-0.25, -0.2) is 4.98 Å². The van der Waals surface area contributed by atoms with Crippen molar-refractivity contribution in [2.24, 2.45) is 0 Å². The first-order valence-electron chi connectivity index (χ1n) is 6.02. The van der Waals surface area contributed by atoms with Crippen LogP contribution in [-0.4, -0.2) is 40.7 Å². The molecule has 2 aromatic heterocycles. The van der Waals surface area contributed by atoms with E-state index in [0.29, 0.717) is 17.8 Å². The minimum atomic E-state index is -0.108. The molecule has 0 aliphatic heterocycles. The summed E-state index contributed by atoms with van der Waals surface area (Å²) in [5.41, 5.74) is 2.11. The number of aromatic amines is 1. The van der Waals surface area contributed by atoms with Crippen LogP contribution in [0, 0.1) is 6.92 Å². The molecule has 2 rings (SSSR count). The fourth-order valence-corrected chi connectivity index (χ4v) is 1.69. The number of hydrogen-bond acceptors (Lipinski definition) is 4. The van der Waals surface area contributed by atoms with E-state index in [1.807, 2.05) is 19.9 Å². The Kier molecular flexibility index (Phi) is 3.88. The maximum atomic E-state index is 11.9. The molecular weight excluding hydrogens is 230 g/mol. The number of pyridine rings is 1. The van der Waals surface area contributed by atoms with Gasteiger partial charge in [0.05, 0.1) is 5.56 Å². The van der Waals surface area contributed by atoms with Crippen LogP contribution in [-0.2, 0) is 0 Å². The summed E-state index contributed by atoms with van der Waals surface area (Å²) in [6, 6.07) is 1.81. The maximum Gasteiger partial charge on any atom is 0.252 e. The van der Waals surface area contributed by atoms with E-state index in [1.165, 1.54) is 0 Å². The molecule has 0 atom stereocenters. The number of nitrogens with zero attached hydrogens (tertiary/aromatic N) is 2. The Bertz CT molecular complexity index is 548. The molecule has 0 bridgehead atoms. The van der Waals surface area contributed by atoms with Gasteiger partial charge in [0, 0.05) is 30.4 Å². The lowest BCUT2D eigenvalue weighted by Crippen LogP contribution is -2.31. The Labute approximate surface area is 105 Å². The van der Waals surface area contributed by atoms with Crippen LogP contribution < -0.4 is 10.6 Å². The number of likely N-dealkylation sites (N-methyl/N-ethyl adjacent to an activating group) is 1. The van der Waals surface area contributed by atoms with Gasteiger partial charge >= 0.3 is 0 Å². The van der Waals surface area contributed by atoms with Crippen LogP contribution >= 0.6 is 0 Å². The van der Waals surface area contributed by atoms with Crippen molar-refractivity contribution in [2.75, 3.05) is 19.6 Å². The van der Waals surface area contributed by atoms with Crippen molar-refractivity contribution in [3.05, 3.63) is 23.5 Å². The van der Waals surface area contributed by atoms with Gasteiger partial charge in [-0.3, -0.25) is 9.89 Å². The molecule has 0 radical (unpaired) electrons. The Hall–Kier alpha value is -1.95. The normalized spacial score (nSPS) is 10.8. The Morgan fingerprint density at radius 1 is 1.44 bits per heavy atom. The summed E-state index contributed by atoms with van der Waals surface area (Å²) in [6.45, 7) is 6.21. The molecule has 0 unspecified atom stereocenters. The van der Waals surface area contributed by atoms with Crippen LogP contribution in [0.3, 0.4) is 0 Å². The van der Waals surface area contributed by atoms with Gasteiger partial charge in [0.15, 0.2) is 5.65 Å². The fourth-order valence-electron chi connectivity index (χ4n) is 1.69. The van der Waals surface area contributed by atoms with Gasteiger partial charge in [-0.1, -0.05) is 6.92 Å². The monoisotopic (exact) mass is 247 g/mol. The summed E-state index contributed by atoms with van der Waals surface area (Å²) in [4.78, 5) is 16.0. The first-order valence-corrected chi connectivity index (χ1v) is 6.02. The fraction of sp³-hybridized carbons (Fsp3) is 0.417. The first-order chi connectivity index (χ1) is 8.72. The highest BCUT2D eigenvalue weighted by Gasteiger charge is 2.09. The second-order valence-corrected chi connectivity index (χ2v) is 4.05. The van der Waals surface area contributed by atoms with E-state index in [9.17, 15) is 4.79 Å². The lowest BCUT2D eigenvalue weighted by atomic mass is 10.2. The van der Waals surface area contributed by atoms with Crippen LogP contribution in [0.25, 0.3) is 11.0 Å². The van der Waals surface area contributed by atoms with Gasteiger partial charge in [-0.15, -0.1) is 0 Å². The number of aromatic nitrogens is 3. The van der Waals surface area contributed by atoms with E-state index in [-0.39, 0.29) is 5.91 Å². The third-order valence-electron chi connectivity index (χ3n) is 2.70. The topological polar surface area (TPSA) is 82.7 Å². The number of fused-ring (bicyclic) bond motifs is 1. The van der Waals surface area contributed by atoms with Crippen molar-refractivity contribution in [3.63, 3.8) is 0 Å². The van der Waals surface area contributed by atoms with Crippen LogP contribution in [0.4, 0.5) is 0 Å². The number of nitrogens with one attached hydrogen (secondary N) is 3. The number of carbonyl (C=O) groups excluding carboxylic acids is 1. The Morgan fingerprint density at radius 3 is 3.06 bits per heavy atom. The molecule has 2 aromatic rings. The van der Waals surface area contributed by atoms with Gasteiger partial charge in [-0.2, -0.15) is 5.10 Å². The van der Waals surface area contributed by atoms with E-state index < -0.39 is 0 Å². The maximum absolute atomic E-state index is 11.9. The number of rotatable bonds is 5. The molecule has 6 heteroatoms. The molecule has 1 amide bonds. The van der Waals surface area contributed by atoms with Gasteiger partial charge in [0.2, 0.25) is 0 Å². The summed E-state index contributed by atoms with van der Waals surface area (Å²) in [5, 5.41) is 13.7. The molecular formula is C12H17N5O. The smallest absolute Gasteiger partial charge is 0.252 e. The zero-order valence-corrected chi connectivity index (χ0v) is 10.6. The van der Waals surface area contributed by atoms with Crippen molar-refractivity contribution >= 4 is 16.9 Å². The van der Waals surface area contributed by atoms with E-state index in [2.05, 4.69) is 25.8 Å². The summed E-state index contributed by atoms with van der Waals surface area (Å²) < 4.78 is 0. The average molecular weight is 247 g/mol. The third kappa shape index (κ3) is 2.65. The Morgan fingerprint density at radius 2 is 2.28 bits per heavy atom. The quantitative estimate of drug-likeness (QED) is 0.676.